The van der Waals surface area contributed by atoms with Crippen LogP contribution in [0.1, 0.15) is 75.0 Å². The highest BCUT2D eigenvalue weighted by Gasteiger charge is 2.41. The number of carbonyl (C=O) groups is 2. The predicted molar refractivity (Wildman–Crippen MR) is 110 cm³/mol. The second-order valence-corrected chi connectivity index (χ2v) is 8.70. The second kappa shape index (κ2) is 8.98. The van der Waals surface area contributed by atoms with Crippen molar-refractivity contribution in [2.75, 3.05) is 0 Å². The summed E-state index contributed by atoms with van der Waals surface area (Å²) >= 11 is 1.08. The zero-order valence-electron chi connectivity index (χ0n) is 17.0. The van der Waals surface area contributed by atoms with Gasteiger partial charge < -0.3 is 10.2 Å². The number of benzene rings is 1. The van der Waals surface area contributed by atoms with Gasteiger partial charge in [-0.3, -0.25) is 9.59 Å². The maximum Gasteiger partial charge on any atom is 0.276 e. The van der Waals surface area contributed by atoms with Crippen molar-refractivity contribution >= 4 is 23.3 Å². The first-order valence-electron chi connectivity index (χ1n) is 10.00. The molecule has 2 aromatic rings. The smallest absolute Gasteiger partial charge is 0.276 e. The number of rotatable bonds is 7. The third-order valence-electron chi connectivity index (χ3n) is 5.60. The van der Waals surface area contributed by atoms with E-state index in [9.17, 15) is 14.0 Å². The van der Waals surface area contributed by atoms with Gasteiger partial charge in [0.1, 0.15) is 11.9 Å². The summed E-state index contributed by atoms with van der Waals surface area (Å²) in [6.45, 7) is 5.80. The van der Waals surface area contributed by atoms with Gasteiger partial charge in [0.15, 0.2) is 5.69 Å². The van der Waals surface area contributed by atoms with Gasteiger partial charge in [-0.2, -0.15) is 0 Å². The van der Waals surface area contributed by atoms with E-state index < -0.39 is 17.4 Å². The second-order valence-electron chi connectivity index (χ2n) is 8.09. The molecule has 8 heteroatoms. The molecule has 1 heterocycles. The number of carbonyl (C=O) groups excluding carboxylic acids is 2. The first-order chi connectivity index (χ1) is 13.8. The topological polar surface area (TPSA) is 75.2 Å². The van der Waals surface area contributed by atoms with E-state index in [1.54, 1.807) is 23.6 Å². The Morgan fingerprint density at radius 2 is 2.00 bits per heavy atom. The molecule has 2 amide bonds. The molecule has 1 N–H and O–H groups in total. The highest BCUT2D eigenvalue weighted by Crippen LogP contribution is 2.34. The molecule has 1 saturated carbocycles. The number of hydrogen-bond donors (Lipinski definition) is 1. The van der Waals surface area contributed by atoms with Crippen LogP contribution >= 0.6 is 11.5 Å². The summed E-state index contributed by atoms with van der Waals surface area (Å²) in [5.74, 6) is -1.28. The lowest BCUT2D eigenvalue weighted by Gasteiger charge is -2.37. The van der Waals surface area contributed by atoms with Crippen LogP contribution in [0, 0.1) is 5.82 Å². The normalized spacial score (nSPS) is 15.9. The van der Waals surface area contributed by atoms with E-state index in [1.165, 1.54) is 11.0 Å². The third kappa shape index (κ3) is 4.80. The molecule has 0 aliphatic heterocycles. The highest BCUT2D eigenvalue weighted by atomic mass is 32.1. The lowest BCUT2D eigenvalue weighted by Crippen LogP contribution is -2.52. The van der Waals surface area contributed by atoms with Gasteiger partial charge in [0, 0.05) is 22.5 Å². The summed E-state index contributed by atoms with van der Waals surface area (Å²) in [4.78, 5) is 28.4. The minimum Gasteiger partial charge on any atom is -0.349 e. The van der Waals surface area contributed by atoms with E-state index in [-0.39, 0.29) is 29.1 Å². The quantitative estimate of drug-likeness (QED) is 0.734. The van der Waals surface area contributed by atoms with E-state index in [2.05, 4.69) is 14.9 Å². The molecule has 1 aliphatic carbocycles. The van der Waals surface area contributed by atoms with Crippen LogP contribution in [-0.2, 0) is 4.79 Å². The summed E-state index contributed by atoms with van der Waals surface area (Å²) in [6.07, 6.45) is 4.19. The number of halogens is 1. The van der Waals surface area contributed by atoms with E-state index in [1.807, 2.05) is 20.8 Å². The molecule has 1 atom stereocenters. The molecule has 1 aliphatic rings. The Bertz CT molecular complexity index is 850. The monoisotopic (exact) mass is 418 g/mol. The SMILES string of the molecule is CCC(C)(C)NC(=O)[C@H](c1ccccc1F)N(C(=O)c1csnn1)C1CCCC1. The molecule has 1 aromatic carbocycles. The third-order valence-corrected chi connectivity index (χ3v) is 6.11. The fraction of sp³-hybridized carbons (Fsp3) is 0.524. The zero-order valence-corrected chi connectivity index (χ0v) is 17.8. The number of amides is 2. The van der Waals surface area contributed by atoms with Gasteiger partial charge in [0.05, 0.1) is 0 Å². The van der Waals surface area contributed by atoms with Crippen LogP contribution in [0.15, 0.2) is 29.6 Å². The van der Waals surface area contributed by atoms with Gasteiger partial charge in [0.2, 0.25) is 5.91 Å². The average Bonchev–Trinajstić information content (AvgIpc) is 3.40. The van der Waals surface area contributed by atoms with Crippen LogP contribution in [0.4, 0.5) is 4.39 Å². The first kappa shape index (κ1) is 21.4. The molecule has 1 fully saturated rings. The standard InChI is InChI=1S/C21H27FN4O2S/c1-4-21(2,3)23-19(27)18(15-11-7-8-12-16(15)22)26(14-9-5-6-10-14)20(28)17-13-29-25-24-17/h7-8,11-14,18H,4-6,9-10H2,1-3H3,(H,23,27)/t18-/m0/s1. The predicted octanol–water partition coefficient (Wildman–Crippen LogP) is 4.11. The number of aromatic nitrogens is 2. The molecular weight excluding hydrogens is 391 g/mol. The molecule has 29 heavy (non-hydrogen) atoms. The van der Waals surface area contributed by atoms with Crippen molar-refractivity contribution in [3.63, 3.8) is 0 Å². The van der Waals surface area contributed by atoms with Crippen LogP contribution in [-0.4, -0.2) is 37.9 Å². The van der Waals surface area contributed by atoms with Crippen molar-refractivity contribution in [3.05, 3.63) is 46.7 Å². The van der Waals surface area contributed by atoms with Crippen molar-refractivity contribution < 1.29 is 14.0 Å². The van der Waals surface area contributed by atoms with Crippen molar-refractivity contribution in [2.24, 2.45) is 0 Å². The van der Waals surface area contributed by atoms with E-state index in [0.717, 1.165) is 37.2 Å². The Morgan fingerprint density at radius 1 is 1.31 bits per heavy atom. The van der Waals surface area contributed by atoms with Crippen molar-refractivity contribution in [1.29, 1.82) is 0 Å². The van der Waals surface area contributed by atoms with Crippen LogP contribution in [0.5, 0.6) is 0 Å². The molecule has 3 rings (SSSR count). The maximum atomic E-state index is 14.8. The van der Waals surface area contributed by atoms with Gasteiger partial charge in [-0.15, -0.1) is 5.10 Å². The largest absolute Gasteiger partial charge is 0.349 e. The van der Waals surface area contributed by atoms with E-state index >= 15 is 0 Å². The van der Waals surface area contributed by atoms with Crippen molar-refractivity contribution in [2.45, 2.75) is 70.5 Å². The highest BCUT2D eigenvalue weighted by molar-refractivity contribution is 7.03. The Hall–Kier alpha value is -2.35. The van der Waals surface area contributed by atoms with Crippen LogP contribution < -0.4 is 5.32 Å². The van der Waals surface area contributed by atoms with Crippen molar-refractivity contribution in [3.8, 4) is 0 Å². The van der Waals surface area contributed by atoms with Gasteiger partial charge in [0.25, 0.3) is 5.91 Å². The summed E-state index contributed by atoms with van der Waals surface area (Å²) in [5.41, 5.74) is -0.0983. The van der Waals surface area contributed by atoms with Gasteiger partial charge >= 0.3 is 0 Å². The molecule has 0 spiro atoms. The van der Waals surface area contributed by atoms with E-state index in [4.69, 9.17) is 0 Å². The molecular formula is C21H27FN4O2S. The molecule has 0 unspecified atom stereocenters. The van der Waals surface area contributed by atoms with Gasteiger partial charge in [-0.1, -0.05) is 42.5 Å². The maximum absolute atomic E-state index is 14.8. The fourth-order valence-corrected chi connectivity index (χ4v) is 4.10. The zero-order chi connectivity index (χ0) is 21.0. The lowest BCUT2D eigenvalue weighted by atomic mass is 9.97. The molecule has 0 bridgehead atoms. The van der Waals surface area contributed by atoms with E-state index in [0.29, 0.717) is 6.42 Å². The van der Waals surface area contributed by atoms with Crippen LogP contribution in [0.3, 0.4) is 0 Å². The molecule has 0 radical (unpaired) electrons. The first-order valence-corrected chi connectivity index (χ1v) is 10.8. The lowest BCUT2D eigenvalue weighted by molar-refractivity contribution is -0.128. The van der Waals surface area contributed by atoms with Gasteiger partial charge in [-0.05, 0) is 50.7 Å². The summed E-state index contributed by atoms with van der Waals surface area (Å²) in [7, 11) is 0. The number of nitrogens with one attached hydrogen (secondary N) is 1. The average molecular weight is 419 g/mol. The molecule has 156 valence electrons. The fourth-order valence-electron chi connectivity index (χ4n) is 3.67. The minimum atomic E-state index is -1.07. The Kier molecular flexibility index (Phi) is 6.62. The Morgan fingerprint density at radius 3 is 2.59 bits per heavy atom. The minimum absolute atomic E-state index is 0.149. The Balaban J connectivity index is 2.08. The molecule has 1 aromatic heterocycles. The number of nitrogens with zero attached hydrogens (tertiary/aromatic N) is 3. The molecule has 0 saturated heterocycles. The summed E-state index contributed by atoms with van der Waals surface area (Å²) in [6, 6.07) is 4.94. The summed E-state index contributed by atoms with van der Waals surface area (Å²) in [5, 5.41) is 8.48. The van der Waals surface area contributed by atoms with Crippen molar-refractivity contribution in [1.82, 2.24) is 19.8 Å². The van der Waals surface area contributed by atoms with Crippen LogP contribution in [0.2, 0.25) is 0 Å². The Labute approximate surface area is 174 Å². The van der Waals surface area contributed by atoms with Crippen LogP contribution in [0.25, 0.3) is 0 Å². The molecule has 6 nitrogen and oxygen atoms in total. The number of hydrogen-bond acceptors (Lipinski definition) is 5. The van der Waals surface area contributed by atoms with Gasteiger partial charge in [-0.25, -0.2) is 4.39 Å². The summed E-state index contributed by atoms with van der Waals surface area (Å²) < 4.78 is 18.6.